The number of hydrogen-bond acceptors (Lipinski definition) is 5. The molecule has 0 heterocycles. The summed E-state index contributed by atoms with van der Waals surface area (Å²) in [4.78, 5) is 22.6. The summed E-state index contributed by atoms with van der Waals surface area (Å²) in [6.07, 6.45) is 0.745. The Morgan fingerprint density at radius 1 is 1.37 bits per heavy atom. The van der Waals surface area contributed by atoms with Gasteiger partial charge in [-0.2, -0.15) is 10.2 Å². The summed E-state index contributed by atoms with van der Waals surface area (Å²) in [6.45, 7) is 1.80. The molecule has 1 aromatic rings. The number of nitrogens with zero attached hydrogens (tertiary/aromatic N) is 2. The number of ether oxygens (including phenoxy) is 1. The van der Waals surface area contributed by atoms with Crippen molar-refractivity contribution in [1.29, 1.82) is 0 Å². The van der Waals surface area contributed by atoms with Crippen LogP contribution in [0.25, 0.3) is 0 Å². The van der Waals surface area contributed by atoms with Crippen molar-refractivity contribution < 1.29 is 19.4 Å². The van der Waals surface area contributed by atoms with E-state index in [-0.39, 0.29) is 6.42 Å². The topological polar surface area (TPSA) is 88.3 Å². The third-order valence-corrected chi connectivity index (χ3v) is 2.40. The Morgan fingerprint density at radius 2 is 2.05 bits per heavy atom. The van der Waals surface area contributed by atoms with Crippen molar-refractivity contribution in [2.24, 2.45) is 10.2 Å². The maximum absolute atomic E-state index is 11.6. The van der Waals surface area contributed by atoms with Crippen molar-refractivity contribution in [1.82, 2.24) is 0 Å². The summed E-state index contributed by atoms with van der Waals surface area (Å²) in [6, 6.07) is 5.34. The van der Waals surface area contributed by atoms with Crippen LogP contribution in [0.3, 0.4) is 0 Å². The van der Waals surface area contributed by atoms with Gasteiger partial charge in [0.25, 0.3) is 0 Å². The molecule has 0 saturated carbocycles. The number of azo groups is 1. The minimum Gasteiger partial charge on any atom is -0.494 e. The molecule has 0 aliphatic heterocycles. The van der Waals surface area contributed by atoms with Crippen molar-refractivity contribution in [2.45, 2.75) is 25.8 Å². The fourth-order valence-corrected chi connectivity index (χ4v) is 1.47. The number of carbonyl (C=O) groups is 2. The summed E-state index contributed by atoms with van der Waals surface area (Å²) in [5, 5.41) is 16.4. The molecule has 0 fully saturated rings. The van der Waals surface area contributed by atoms with Crippen molar-refractivity contribution in [3.63, 3.8) is 0 Å². The highest BCUT2D eigenvalue weighted by Crippen LogP contribution is 2.26. The van der Waals surface area contributed by atoms with Gasteiger partial charge in [0, 0.05) is 6.42 Å². The number of rotatable bonds is 7. The molecule has 6 heteroatoms. The van der Waals surface area contributed by atoms with E-state index in [1.807, 2.05) is 0 Å². The first-order valence-electron chi connectivity index (χ1n) is 5.89. The first-order chi connectivity index (χ1) is 9.10. The normalized spacial score (nSPS) is 12.3. The van der Waals surface area contributed by atoms with Crippen LogP contribution < -0.4 is 4.74 Å². The number of hydrogen-bond donors (Lipinski definition) is 1. The largest absolute Gasteiger partial charge is 0.494 e. The zero-order valence-corrected chi connectivity index (χ0v) is 10.9. The minimum absolute atomic E-state index is 0.169. The second kappa shape index (κ2) is 7.25. The van der Waals surface area contributed by atoms with Gasteiger partial charge in [-0.25, -0.2) is 4.79 Å². The number of methoxy groups -OCH3 is 1. The number of carbonyl (C=O) groups excluding carboxylic acids is 1. The third-order valence-electron chi connectivity index (χ3n) is 2.40. The molecule has 1 rings (SSSR count). The molecule has 0 radical (unpaired) electrons. The van der Waals surface area contributed by atoms with Crippen LogP contribution in [0.5, 0.6) is 5.75 Å². The molecule has 6 nitrogen and oxygen atoms in total. The number of para-hydroxylation sites is 1. The van der Waals surface area contributed by atoms with Crippen molar-refractivity contribution >= 4 is 17.4 Å². The van der Waals surface area contributed by atoms with Gasteiger partial charge in [0.05, 0.1) is 7.11 Å². The van der Waals surface area contributed by atoms with Crippen LogP contribution in [0.4, 0.5) is 5.69 Å². The lowest BCUT2D eigenvalue weighted by atomic mass is 10.1. The van der Waals surface area contributed by atoms with E-state index < -0.39 is 17.8 Å². The number of carboxylic acid groups (broad SMARTS) is 1. The molecule has 0 bridgehead atoms. The van der Waals surface area contributed by atoms with Crippen LogP contribution in [0.2, 0.25) is 0 Å². The smallest absolute Gasteiger partial charge is 0.338 e. The molecule has 0 amide bonds. The molecule has 102 valence electrons. The lowest BCUT2D eigenvalue weighted by molar-refractivity contribution is -0.142. The first kappa shape index (κ1) is 14.8. The second-order valence-electron chi connectivity index (χ2n) is 3.84. The minimum atomic E-state index is -1.45. The van der Waals surface area contributed by atoms with E-state index in [1.165, 1.54) is 7.11 Å². The number of aliphatic carboxylic acids is 1. The summed E-state index contributed by atoms with van der Waals surface area (Å²) < 4.78 is 5.06. The van der Waals surface area contributed by atoms with Gasteiger partial charge in [0.2, 0.25) is 6.04 Å². The average Bonchev–Trinajstić information content (AvgIpc) is 2.39. The van der Waals surface area contributed by atoms with Gasteiger partial charge in [-0.3, -0.25) is 4.79 Å². The zero-order valence-electron chi connectivity index (χ0n) is 10.9. The van der Waals surface area contributed by atoms with E-state index in [4.69, 9.17) is 9.84 Å². The van der Waals surface area contributed by atoms with Gasteiger partial charge >= 0.3 is 5.97 Å². The van der Waals surface area contributed by atoms with Crippen LogP contribution in [0.15, 0.2) is 34.5 Å². The lowest BCUT2D eigenvalue weighted by Gasteiger charge is -2.05. The molecule has 0 saturated heterocycles. The zero-order chi connectivity index (χ0) is 14.3. The van der Waals surface area contributed by atoms with Crippen molar-refractivity contribution in [3.8, 4) is 5.75 Å². The summed E-state index contributed by atoms with van der Waals surface area (Å²) in [5.74, 6) is -1.27. The van der Waals surface area contributed by atoms with Crippen LogP contribution in [-0.2, 0) is 9.59 Å². The van der Waals surface area contributed by atoms with Gasteiger partial charge < -0.3 is 9.84 Å². The maximum atomic E-state index is 11.6. The molecule has 0 aliphatic rings. The monoisotopic (exact) mass is 264 g/mol. The van der Waals surface area contributed by atoms with Crippen LogP contribution >= 0.6 is 0 Å². The highest BCUT2D eigenvalue weighted by Gasteiger charge is 2.24. The van der Waals surface area contributed by atoms with Gasteiger partial charge in [-0.1, -0.05) is 19.1 Å². The molecule has 0 aliphatic carbocycles. The van der Waals surface area contributed by atoms with E-state index in [1.54, 1.807) is 31.2 Å². The van der Waals surface area contributed by atoms with Crippen LogP contribution in [-0.4, -0.2) is 30.0 Å². The second-order valence-corrected chi connectivity index (χ2v) is 3.84. The molecule has 1 atom stereocenters. The first-order valence-corrected chi connectivity index (χ1v) is 5.89. The third kappa shape index (κ3) is 4.17. The fourth-order valence-electron chi connectivity index (χ4n) is 1.47. The standard InChI is InChI=1S/C13H16N2O4/c1-3-6-10(16)12(13(17)18)15-14-9-7-4-5-8-11(9)19-2/h4-5,7-8,12H,3,6H2,1-2H3,(H,17,18). The Balaban J connectivity index is 2.92. The predicted octanol–water partition coefficient (Wildman–Crippen LogP) is 2.60. The maximum Gasteiger partial charge on any atom is 0.338 e. The molecule has 1 N–H and O–H groups in total. The predicted molar refractivity (Wildman–Crippen MR) is 68.8 cm³/mol. The van der Waals surface area contributed by atoms with Gasteiger partial charge in [-0.05, 0) is 18.6 Å². The van der Waals surface area contributed by atoms with E-state index in [0.29, 0.717) is 17.9 Å². The van der Waals surface area contributed by atoms with E-state index in [2.05, 4.69) is 10.2 Å². The summed E-state index contributed by atoms with van der Waals surface area (Å²) in [7, 11) is 1.48. The van der Waals surface area contributed by atoms with E-state index in [0.717, 1.165) is 0 Å². The van der Waals surface area contributed by atoms with Gasteiger partial charge in [0.15, 0.2) is 5.78 Å². The summed E-state index contributed by atoms with van der Waals surface area (Å²) in [5.41, 5.74) is 0.389. The molecular weight excluding hydrogens is 248 g/mol. The Morgan fingerprint density at radius 3 is 2.63 bits per heavy atom. The quantitative estimate of drug-likeness (QED) is 0.605. The Hall–Kier alpha value is -2.24. The highest BCUT2D eigenvalue weighted by atomic mass is 16.5. The molecule has 0 aromatic heterocycles. The Labute approximate surface area is 111 Å². The highest BCUT2D eigenvalue weighted by molar-refractivity contribution is 6.02. The van der Waals surface area contributed by atoms with Crippen molar-refractivity contribution in [2.75, 3.05) is 7.11 Å². The van der Waals surface area contributed by atoms with Gasteiger partial charge in [0.1, 0.15) is 11.4 Å². The molecule has 1 aromatic carbocycles. The van der Waals surface area contributed by atoms with Crippen LogP contribution in [0, 0.1) is 0 Å². The number of carboxylic acids is 1. The Kier molecular flexibility index (Phi) is 5.66. The Bertz CT molecular complexity index is 485. The number of ketones is 1. The summed E-state index contributed by atoms with van der Waals surface area (Å²) >= 11 is 0. The van der Waals surface area contributed by atoms with Gasteiger partial charge in [-0.15, -0.1) is 0 Å². The molecular formula is C13H16N2O4. The van der Waals surface area contributed by atoms with Crippen LogP contribution in [0.1, 0.15) is 19.8 Å². The van der Waals surface area contributed by atoms with Crippen molar-refractivity contribution in [3.05, 3.63) is 24.3 Å². The SMILES string of the molecule is CCCC(=O)C(N=Nc1ccccc1OC)C(=O)O. The van der Waals surface area contributed by atoms with E-state index in [9.17, 15) is 9.59 Å². The lowest BCUT2D eigenvalue weighted by Crippen LogP contribution is -2.27. The molecule has 19 heavy (non-hydrogen) atoms. The average molecular weight is 264 g/mol. The fraction of sp³-hybridized carbons (Fsp3) is 0.385. The number of Topliss-reactive ketones (excluding diaryl/α,β-unsaturated/α-hetero) is 1. The van der Waals surface area contributed by atoms with E-state index >= 15 is 0 Å². The molecule has 0 spiro atoms. The molecule has 1 unspecified atom stereocenters. The number of benzene rings is 1.